The van der Waals surface area contributed by atoms with Gasteiger partial charge in [0.25, 0.3) is 11.6 Å². The first-order valence-electron chi connectivity index (χ1n) is 7.57. The molecule has 0 bridgehead atoms. The summed E-state index contributed by atoms with van der Waals surface area (Å²) in [6.45, 7) is 0.120. The maximum atomic E-state index is 13.2. The topological polar surface area (TPSA) is 81.9 Å². The van der Waals surface area contributed by atoms with Crippen molar-refractivity contribution in [3.63, 3.8) is 0 Å². The molecule has 1 aromatic rings. The van der Waals surface area contributed by atoms with Crippen LogP contribution in [0.15, 0.2) is 24.3 Å². The molecular weight excluding hydrogens is 326 g/mol. The van der Waals surface area contributed by atoms with Crippen LogP contribution in [0.25, 0.3) is 0 Å². The molecule has 1 saturated carbocycles. The van der Waals surface area contributed by atoms with Gasteiger partial charge in [0, 0.05) is 44.0 Å². The van der Waals surface area contributed by atoms with Crippen molar-refractivity contribution in [2.24, 2.45) is 0 Å². The summed E-state index contributed by atoms with van der Waals surface area (Å²) < 4.78 is 36.3. The van der Waals surface area contributed by atoms with E-state index in [1.165, 1.54) is 24.3 Å². The van der Waals surface area contributed by atoms with Crippen molar-refractivity contribution in [3.05, 3.63) is 34.4 Å². The standard InChI is InChI=1S/C15H16F2N2O5/c16-15(17)5-6-18(9-15)11-7-13(8-11)24-14(20)23-12-3-1-10(2-4-12)19(21)22/h1-4,11,13H,5-9H2. The second-order valence-electron chi connectivity index (χ2n) is 6.04. The number of hydrogen-bond acceptors (Lipinski definition) is 6. The van der Waals surface area contributed by atoms with Gasteiger partial charge in [-0.1, -0.05) is 0 Å². The van der Waals surface area contributed by atoms with Crippen LogP contribution < -0.4 is 4.74 Å². The molecule has 0 aromatic heterocycles. The first kappa shape index (κ1) is 16.6. The molecule has 1 aliphatic heterocycles. The molecule has 1 aromatic carbocycles. The van der Waals surface area contributed by atoms with E-state index in [1.54, 1.807) is 4.90 Å². The molecule has 3 rings (SSSR count). The molecule has 2 aliphatic rings. The van der Waals surface area contributed by atoms with E-state index in [4.69, 9.17) is 9.47 Å². The van der Waals surface area contributed by atoms with Gasteiger partial charge in [-0.25, -0.2) is 13.6 Å². The number of nitrogens with zero attached hydrogens (tertiary/aromatic N) is 2. The van der Waals surface area contributed by atoms with Crippen molar-refractivity contribution >= 4 is 11.8 Å². The number of alkyl halides is 2. The third kappa shape index (κ3) is 3.78. The molecule has 0 spiro atoms. The maximum Gasteiger partial charge on any atom is 0.514 e. The number of likely N-dealkylation sites (tertiary alicyclic amines) is 1. The van der Waals surface area contributed by atoms with E-state index in [1.807, 2.05) is 0 Å². The second kappa shape index (κ2) is 6.31. The Morgan fingerprint density at radius 2 is 1.96 bits per heavy atom. The molecule has 1 heterocycles. The van der Waals surface area contributed by atoms with E-state index >= 15 is 0 Å². The number of nitro groups is 1. The lowest BCUT2D eigenvalue weighted by atomic mass is 9.88. The zero-order valence-electron chi connectivity index (χ0n) is 12.7. The zero-order chi connectivity index (χ0) is 17.3. The molecule has 1 aliphatic carbocycles. The summed E-state index contributed by atoms with van der Waals surface area (Å²) in [7, 11) is 0. The van der Waals surface area contributed by atoms with Crippen LogP contribution in [-0.2, 0) is 4.74 Å². The molecular formula is C15H16F2N2O5. The minimum atomic E-state index is -2.62. The highest BCUT2D eigenvalue weighted by Crippen LogP contribution is 2.35. The Morgan fingerprint density at radius 1 is 1.29 bits per heavy atom. The van der Waals surface area contributed by atoms with Crippen LogP contribution in [0.5, 0.6) is 5.75 Å². The number of nitro benzene ring substituents is 1. The number of halogens is 2. The van der Waals surface area contributed by atoms with Gasteiger partial charge in [0.2, 0.25) is 0 Å². The van der Waals surface area contributed by atoms with Crippen LogP contribution in [0.3, 0.4) is 0 Å². The van der Waals surface area contributed by atoms with E-state index in [0.29, 0.717) is 19.4 Å². The van der Waals surface area contributed by atoms with Crippen molar-refractivity contribution in [1.29, 1.82) is 0 Å². The molecule has 2 fully saturated rings. The zero-order valence-corrected chi connectivity index (χ0v) is 12.7. The Bertz CT molecular complexity index is 631. The van der Waals surface area contributed by atoms with E-state index in [9.17, 15) is 23.7 Å². The van der Waals surface area contributed by atoms with Crippen LogP contribution in [0.2, 0.25) is 0 Å². The van der Waals surface area contributed by atoms with Gasteiger partial charge in [-0.15, -0.1) is 0 Å². The Balaban J connectivity index is 1.41. The van der Waals surface area contributed by atoms with Crippen LogP contribution in [0.4, 0.5) is 19.3 Å². The molecule has 0 unspecified atom stereocenters. The summed E-state index contributed by atoms with van der Waals surface area (Å²) in [6.07, 6.45) is -0.373. The highest BCUT2D eigenvalue weighted by molar-refractivity contribution is 5.64. The fourth-order valence-electron chi connectivity index (χ4n) is 2.90. The predicted molar refractivity (Wildman–Crippen MR) is 78.2 cm³/mol. The van der Waals surface area contributed by atoms with E-state index in [0.717, 1.165) is 0 Å². The minimum Gasteiger partial charge on any atom is -0.431 e. The second-order valence-corrected chi connectivity index (χ2v) is 6.04. The quantitative estimate of drug-likeness (QED) is 0.362. The van der Waals surface area contributed by atoms with Gasteiger partial charge in [-0.3, -0.25) is 15.0 Å². The van der Waals surface area contributed by atoms with Gasteiger partial charge in [-0.2, -0.15) is 0 Å². The monoisotopic (exact) mass is 342 g/mol. The van der Waals surface area contributed by atoms with Crippen LogP contribution in [-0.4, -0.2) is 47.1 Å². The Hall–Kier alpha value is -2.29. The van der Waals surface area contributed by atoms with E-state index < -0.39 is 17.0 Å². The molecule has 0 amide bonds. The Morgan fingerprint density at radius 3 is 2.50 bits per heavy atom. The summed E-state index contributed by atoms with van der Waals surface area (Å²) >= 11 is 0. The summed E-state index contributed by atoms with van der Waals surface area (Å²) in [5, 5.41) is 10.5. The highest BCUT2D eigenvalue weighted by Gasteiger charge is 2.45. The maximum absolute atomic E-state index is 13.2. The van der Waals surface area contributed by atoms with Crippen LogP contribution >= 0.6 is 0 Å². The van der Waals surface area contributed by atoms with Gasteiger partial charge in [-0.05, 0) is 12.1 Å². The smallest absolute Gasteiger partial charge is 0.431 e. The lowest BCUT2D eigenvalue weighted by Gasteiger charge is -2.39. The van der Waals surface area contributed by atoms with Crippen molar-refractivity contribution in [1.82, 2.24) is 4.90 Å². The van der Waals surface area contributed by atoms with Crippen LogP contribution in [0.1, 0.15) is 19.3 Å². The third-order valence-electron chi connectivity index (χ3n) is 4.30. The van der Waals surface area contributed by atoms with Crippen molar-refractivity contribution in [2.45, 2.75) is 37.3 Å². The predicted octanol–water partition coefficient (Wildman–Crippen LogP) is 2.98. The number of hydrogen-bond donors (Lipinski definition) is 0. The largest absolute Gasteiger partial charge is 0.514 e. The fourth-order valence-corrected chi connectivity index (χ4v) is 2.90. The minimum absolute atomic E-state index is 0.00977. The molecule has 0 atom stereocenters. The number of ether oxygens (including phenoxy) is 2. The lowest BCUT2D eigenvalue weighted by Crippen LogP contribution is -2.48. The third-order valence-corrected chi connectivity index (χ3v) is 4.30. The number of carbonyl (C=O) groups excluding carboxylic acids is 1. The van der Waals surface area contributed by atoms with Gasteiger partial charge < -0.3 is 9.47 Å². The van der Waals surface area contributed by atoms with Crippen molar-refractivity contribution in [3.8, 4) is 5.75 Å². The number of rotatable bonds is 4. The molecule has 9 heteroatoms. The molecule has 7 nitrogen and oxygen atoms in total. The van der Waals surface area contributed by atoms with E-state index in [2.05, 4.69) is 0 Å². The Kier molecular flexibility index (Phi) is 4.35. The molecule has 0 radical (unpaired) electrons. The van der Waals surface area contributed by atoms with Gasteiger partial charge in [0.05, 0.1) is 11.5 Å². The molecule has 130 valence electrons. The van der Waals surface area contributed by atoms with Gasteiger partial charge in [0.1, 0.15) is 11.9 Å². The van der Waals surface area contributed by atoms with Crippen LogP contribution in [0, 0.1) is 10.1 Å². The summed E-state index contributed by atoms with van der Waals surface area (Å²) in [4.78, 5) is 23.3. The average molecular weight is 342 g/mol. The Labute approximate surface area is 136 Å². The van der Waals surface area contributed by atoms with Gasteiger partial charge >= 0.3 is 6.16 Å². The summed E-state index contributed by atoms with van der Waals surface area (Å²) in [5.74, 6) is -2.48. The first-order chi connectivity index (χ1) is 11.3. The SMILES string of the molecule is O=C(Oc1ccc([N+](=O)[O-])cc1)OC1CC(N2CCC(F)(F)C2)C1. The fraction of sp³-hybridized carbons (Fsp3) is 0.533. The lowest BCUT2D eigenvalue weighted by molar-refractivity contribution is -0.384. The van der Waals surface area contributed by atoms with E-state index in [-0.39, 0.29) is 36.5 Å². The average Bonchev–Trinajstić information content (AvgIpc) is 2.82. The molecule has 24 heavy (non-hydrogen) atoms. The molecule has 0 N–H and O–H groups in total. The number of non-ortho nitro benzene ring substituents is 1. The van der Waals surface area contributed by atoms with Crippen molar-refractivity contribution < 1.29 is 28.0 Å². The van der Waals surface area contributed by atoms with Gasteiger partial charge in [0.15, 0.2) is 0 Å². The first-order valence-corrected chi connectivity index (χ1v) is 7.57. The highest BCUT2D eigenvalue weighted by atomic mass is 19.3. The molecule has 1 saturated heterocycles. The summed E-state index contributed by atoms with van der Waals surface area (Å²) in [6, 6.07) is 5.05. The number of benzene rings is 1. The normalized spacial score (nSPS) is 25.8. The summed E-state index contributed by atoms with van der Waals surface area (Å²) in [5.41, 5.74) is -0.111. The number of carbonyl (C=O) groups is 1. The van der Waals surface area contributed by atoms with Crippen molar-refractivity contribution in [2.75, 3.05) is 13.1 Å².